The van der Waals surface area contributed by atoms with Crippen LogP contribution < -0.4 is 15.8 Å². The van der Waals surface area contributed by atoms with Crippen molar-refractivity contribution in [2.45, 2.75) is 32.8 Å². The molecular formula is C14H20N2O2. The third-order valence-corrected chi connectivity index (χ3v) is 3.06. The number of rotatable bonds is 4. The molecule has 18 heavy (non-hydrogen) atoms. The zero-order valence-electron chi connectivity index (χ0n) is 10.9. The number of nitrogens with two attached hydrogens (primary N) is 1. The van der Waals surface area contributed by atoms with Crippen molar-refractivity contribution in [1.29, 1.82) is 0 Å². The fraction of sp³-hybridized carbons (Fsp3) is 0.500. The van der Waals surface area contributed by atoms with Gasteiger partial charge in [0.15, 0.2) is 0 Å². The summed E-state index contributed by atoms with van der Waals surface area (Å²) in [6, 6.07) is 5.81. The average molecular weight is 248 g/mol. The molecule has 1 unspecified atom stereocenters. The molecule has 0 aliphatic carbocycles. The maximum Gasteiger partial charge on any atom is 0.227 e. The Balaban J connectivity index is 2.19. The summed E-state index contributed by atoms with van der Waals surface area (Å²) in [5.41, 5.74) is 7.56. The number of fused-ring (bicyclic) bond motifs is 1. The van der Waals surface area contributed by atoms with E-state index in [4.69, 9.17) is 10.5 Å². The fourth-order valence-electron chi connectivity index (χ4n) is 2.23. The van der Waals surface area contributed by atoms with E-state index < -0.39 is 0 Å². The molecule has 1 aliphatic heterocycles. The molecule has 0 spiro atoms. The molecule has 1 aromatic rings. The second-order valence-electron chi connectivity index (χ2n) is 4.95. The summed E-state index contributed by atoms with van der Waals surface area (Å²) < 4.78 is 5.66. The minimum atomic E-state index is -0.0169. The predicted molar refractivity (Wildman–Crippen MR) is 71.7 cm³/mol. The quantitative estimate of drug-likeness (QED) is 0.855. The highest BCUT2D eigenvalue weighted by Gasteiger charge is 2.25. The molecule has 1 amide bonds. The van der Waals surface area contributed by atoms with Crippen LogP contribution in [0.4, 0.5) is 5.69 Å². The van der Waals surface area contributed by atoms with Gasteiger partial charge in [-0.15, -0.1) is 0 Å². The predicted octanol–water partition coefficient (Wildman–Crippen LogP) is 1.93. The van der Waals surface area contributed by atoms with E-state index in [2.05, 4.69) is 5.32 Å². The minimum Gasteiger partial charge on any atom is -0.491 e. The first-order valence-electron chi connectivity index (χ1n) is 6.40. The lowest BCUT2D eigenvalue weighted by Crippen LogP contribution is -2.31. The molecule has 4 heteroatoms. The summed E-state index contributed by atoms with van der Waals surface area (Å²) in [7, 11) is 0. The van der Waals surface area contributed by atoms with Crippen molar-refractivity contribution >= 4 is 11.6 Å². The summed E-state index contributed by atoms with van der Waals surface area (Å²) in [5.74, 6) is 0.911. The average Bonchev–Trinajstić information content (AvgIpc) is 2.30. The molecule has 0 aromatic heterocycles. The van der Waals surface area contributed by atoms with Crippen molar-refractivity contribution in [3.63, 3.8) is 0 Å². The Hall–Kier alpha value is -1.55. The number of benzene rings is 1. The molecule has 1 atom stereocenters. The molecule has 3 N–H and O–H groups in total. The van der Waals surface area contributed by atoms with Gasteiger partial charge in [0.25, 0.3) is 0 Å². The first kappa shape index (κ1) is 12.9. The van der Waals surface area contributed by atoms with Crippen molar-refractivity contribution in [3.05, 3.63) is 23.8 Å². The SMILES string of the molecule is CC(C)Oc1ccc2c(c1)CC(CCN)C(=O)N2. The highest BCUT2D eigenvalue weighted by atomic mass is 16.5. The van der Waals surface area contributed by atoms with Crippen molar-refractivity contribution in [3.8, 4) is 5.75 Å². The first-order chi connectivity index (χ1) is 8.60. The first-order valence-corrected chi connectivity index (χ1v) is 6.40. The van der Waals surface area contributed by atoms with Gasteiger partial charge < -0.3 is 15.8 Å². The van der Waals surface area contributed by atoms with Gasteiger partial charge in [0, 0.05) is 11.6 Å². The zero-order valence-corrected chi connectivity index (χ0v) is 10.9. The normalized spacial score (nSPS) is 18.4. The number of anilines is 1. The van der Waals surface area contributed by atoms with E-state index in [0.29, 0.717) is 6.54 Å². The smallest absolute Gasteiger partial charge is 0.227 e. The molecule has 0 radical (unpaired) electrons. The number of carbonyl (C=O) groups excluding carboxylic acids is 1. The number of carbonyl (C=O) groups is 1. The molecule has 0 saturated carbocycles. The van der Waals surface area contributed by atoms with E-state index in [1.54, 1.807) is 0 Å². The molecular weight excluding hydrogens is 228 g/mol. The van der Waals surface area contributed by atoms with Crippen LogP contribution >= 0.6 is 0 Å². The van der Waals surface area contributed by atoms with Crippen LogP contribution in [0, 0.1) is 5.92 Å². The zero-order chi connectivity index (χ0) is 13.1. The summed E-state index contributed by atoms with van der Waals surface area (Å²) in [6.07, 6.45) is 1.62. The molecule has 1 heterocycles. The summed E-state index contributed by atoms with van der Waals surface area (Å²) >= 11 is 0. The molecule has 0 fully saturated rings. The van der Waals surface area contributed by atoms with Crippen molar-refractivity contribution in [2.24, 2.45) is 11.7 Å². The van der Waals surface area contributed by atoms with E-state index in [1.807, 2.05) is 32.0 Å². The molecule has 1 aromatic carbocycles. The second kappa shape index (κ2) is 5.40. The van der Waals surface area contributed by atoms with Crippen molar-refractivity contribution in [1.82, 2.24) is 0 Å². The second-order valence-corrected chi connectivity index (χ2v) is 4.95. The number of hydrogen-bond donors (Lipinski definition) is 2. The number of amides is 1. The van der Waals surface area contributed by atoms with E-state index in [-0.39, 0.29) is 17.9 Å². The molecule has 2 rings (SSSR count). The highest BCUT2D eigenvalue weighted by Crippen LogP contribution is 2.30. The fourth-order valence-corrected chi connectivity index (χ4v) is 2.23. The number of ether oxygens (including phenoxy) is 1. The van der Waals surface area contributed by atoms with E-state index in [1.165, 1.54) is 0 Å². The highest BCUT2D eigenvalue weighted by molar-refractivity contribution is 5.95. The van der Waals surface area contributed by atoms with Gasteiger partial charge in [-0.1, -0.05) is 0 Å². The Bertz CT molecular complexity index is 443. The van der Waals surface area contributed by atoms with E-state index in [0.717, 1.165) is 29.8 Å². The van der Waals surface area contributed by atoms with Crippen LogP contribution in [0.15, 0.2) is 18.2 Å². The Labute approximate surface area is 108 Å². The number of hydrogen-bond acceptors (Lipinski definition) is 3. The molecule has 0 bridgehead atoms. The Morgan fingerprint density at radius 2 is 2.28 bits per heavy atom. The van der Waals surface area contributed by atoms with E-state index >= 15 is 0 Å². The summed E-state index contributed by atoms with van der Waals surface area (Å²) in [5, 5.41) is 2.93. The van der Waals surface area contributed by atoms with Crippen LogP contribution in [0.25, 0.3) is 0 Å². The maximum absolute atomic E-state index is 11.8. The van der Waals surface area contributed by atoms with Gasteiger partial charge in [0.2, 0.25) is 5.91 Å². The van der Waals surface area contributed by atoms with Gasteiger partial charge >= 0.3 is 0 Å². The lowest BCUT2D eigenvalue weighted by Gasteiger charge is -2.25. The van der Waals surface area contributed by atoms with Gasteiger partial charge in [-0.2, -0.15) is 0 Å². The summed E-state index contributed by atoms with van der Waals surface area (Å²) in [4.78, 5) is 11.8. The molecule has 1 aliphatic rings. The lowest BCUT2D eigenvalue weighted by molar-refractivity contribution is -0.120. The van der Waals surface area contributed by atoms with Crippen molar-refractivity contribution in [2.75, 3.05) is 11.9 Å². The minimum absolute atomic E-state index is 0.0169. The van der Waals surface area contributed by atoms with Gasteiger partial charge in [0.1, 0.15) is 5.75 Å². The van der Waals surface area contributed by atoms with Gasteiger partial charge in [-0.3, -0.25) is 4.79 Å². The van der Waals surface area contributed by atoms with Gasteiger partial charge in [-0.05, 0) is 57.0 Å². The van der Waals surface area contributed by atoms with Crippen LogP contribution in [-0.4, -0.2) is 18.6 Å². The molecule has 98 valence electrons. The topological polar surface area (TPSA) is 64.3 Å². The van der Waals surface area contributed by atoms with Gasteiger partial charge in [0.05, 0.1) is 6.10 Å². The Morgan fingerprint density at radius 3 is 2.94 bits per heavy atom. The van der Waals surface area contributed by atoms with Crippen LogP contribution in [0.2, 0.25) is 0 Å². The third kappa shape index (κ3) is 2.82. The maximum atomic E-state index is 11.8. The molecule has 4 nitrogen and oxygen atoms in total. The molecule has 0 saturated heterocycles. The van der Waals surface area contributed by atoms with Crippen LogP contribution in [-0.2, 0) is 11.2 Å². The Kier molecular flexibility index (Phi) is 3.87. The van der Waals surface area contributed by atoms with Crippen LogP contribution in [0.1, 0.15) is 25.8 Å². The number of nitrogens with one attached hydrogen (secondary N) is 1. The van der Waals surface area contributed by atoms with E-state index in [9.17, 15) is 4.79 Å². The third-order valence-electron chi connectivity index (χ3n) is 3.06. The van der Waals surface area contributed by atoms with Crippen LogP contribution in [0.3, 0.4) is 0 Å². The van der Waals surface area contributed by atoms with Crippen LogP contribution in [0.5, 0.6) is 5.75 Å². The monoisotopic (exact) mass is 248 g/mol. The Morgan fingerprint density at radius 1 is 1.50 bits per heavy atom. The van der Waals surface area contributed by atoms with Gasteiger partial charge in [-0.25, -0.2) is 0 Å². The lowest BCUT2D eigenvalue weighted by atomic mass is 9.90. The summed E-state index contributed by atoms with van der Waals surface area (Å²) in [6.45, 7) is 4.53. The largest absolute Gasteiger partial charge is 0.491 e. The standard InChI is InChI=1S/C14H20N2O2/c1-9(2)18-12-3-4-13-11(8-12)7-10(5-6-15)14(17)16-13/h3-4,8-10H,5-7,15H2,1-2H3,(H,16,17). The van der Waals surface area contributed by atoms with Crippen molar-refractivity contribution < 1.29 is 9.53 Å².